The number of benzene rings is 1. The van der Waals surface area contributed by atoms with Gasteiger partial charge in [-0.05, 0) is 50.3 Å². The van der Waals surface area contributed by atoms with Crippen molar-refractivity contribution in [3.05, 3.63) is 29.3 Å². The van der Waals surface area contributed by atoms with Crippen LogP contribution in [0.4, 0.5) is 0 Å². The standard InChI is InChI=1S/C15H21NO/c1-11-3-4-14-12(7-11)8-13(17-14)9-15(5-6-15)10-16-2/h3-4,7,13,16H,5-6,8-10H2,1-2H3. The van der Waals surface area contributed by atoms with Crippen LogP contribution in [0.5, 0.6) is 5.75 Å². The molecule has 1 aromatic rings. The molecule has 1 aliphatic carbocycles. The maximum Gasteiger partial charge on any atom is 0.123 e. The number of fused-ring (bicyclic) bond motifs is 1. The molecular formula is C15H21NO. The van der Waals surface area contributed by atoms with Crippen LogP contribution in [0.3, 0.4) is 0 Å². The minimum Gasteiger partial charge on any atom is -0.490 e. The van der Waals surface area contributed by atoms with Gasteiger partial charge >= 0.3 is 0 Å². The second kappa shape index (κ2) is 4.02. The first-order valence-corrected chi connectivity index (χ1v) is 6.62. The summed E-state index contributed by atoms with van der Waals surface area (Å²) in [6, 6.07) is 6.54. The van der Waals surface area contributed by atoms with E-state index in [0.29, 0.717) is 11.5 Å². The third-order valence-corrected chi connectivity index (χ3v) is 4.13. The van der Waals surface area contributed by atoms with Gasteiger partial charge in [0, 0.05) is 13.0 Å². The van der Waals surface area contributed by atoms with E-state index in [-0.39, 0.29) is 0 Å². The smallest absolute Gasteiger partial charge is 0.123 e. The Morgan fingerprint density at radius 3 is 2.94 bits per heavy atom. The Morgan fingerprint density at radius 1 is 1.41 bits per heavy atom. The first-order chi connectivity index (χ1) is 8.21. The molecule has 1 N–H and O–H groups in total. The van der Waals surface area contributed by atoms with Crippen molar-refractivity contribution in [2.24, 2.45) is 5.41 Å². The van der Waals surface area contributed by atoms with Gasteiger partial charge in [0.1, 0.15) is 11.9 Å². The lowest BCUT2D eigenvalue weighted by Gasteiger charge is -2.19. The summed E-state index contributed by atoms with van der Waals surface area (Å²) in [5, 5.41) is 3.32. The van der Waals surface area contributed by atoms with E-state index in [1.165, 1.54) is 30.4 Å². The zero-order valence-corrected chi connectivity index (χ0v) is 10.8. The van der Waals surface area contributed by atoms with Crippen molar-refractivity contribution in [3.63, 3.8) is 0 Å². The minimum atomic E-state index is 0.405. The molecule has 2 aliphatic rings. The van der Waals surface area contributed by atoms with Crippen LogP contribution in [-0.4, -0.2) is 19.7 Å². The van der Waals surface area contributed by atoms with E-state index in [9.17, 15) is 0 Å². The molecule has 0 aromatic heterocycles. The van der Waals surface area contributed by atoms with Gasteiger partial charge in [0.25, 0.3) is 0 Å². The molecule has 0 saturated heterocycles. The van der Waals surface area contributed by atoms with Gasteiger partial charge in [-0.15, -0.1) is 0 Å². The zero-order chi connectivity index (χ0) is 11.9. The van der Waals surface area contributed by atoms with Crippen LogP contribution in [-0.2, 0) is 6.42 Å². The molecule has 1 aromatic carbocycles. The molecule has 0 bridgehead atoms. The Labute approximate surface area is 103 Å². The van der Waals surface area contributed by atoms with Gasteiger partial charge in [0.2, 0.25) is 0 Å². The topological polar surface area (TPSA) is 21.3 Å². The van der Waals surface area contributed by atoms with E-state index < -0.39 is 0 Å². The Hall–Kier alpha value is -1.02. The number of hydrogen-bond acceptors (Lipinski definition) is 2. The van der Waals surface area contributed by atoms with Crippen LogP contribution in [0, 0.1) is 12.3 Å². The van der Waals surface area contributed by atoms with Gasteiger partial charge in [-0.3, -0.25) is 0 Å². The van der Waals surface area contributed by atoms with Gasteiger partial charge < -0.3 is 10.1 Å². The van der Waals surface area contributed by atoms with E-state index >= 15 is 0 Å². The summed E-state index contributed by atoms with van der Waals surface area (Å²) in [7, 11) is 2.05. The Balaban J connectivity index is 1.66. The molecule has 1 saturated carbocycles. The largest absolute Gasteiger partial charge is 0.490 e. The van der Waals surface area contributed by atoms with Crippen molar-refractivity contribution in [1.82, 2.24) is 5.32 Å². The third kappa shape index (κ3) is 2.19. The van der Waals surface area contributed by atoms with Gasteiger partial charge in [-0.1, -0.05) is 17.7 Å². The number of rotatable bonds is 4. The Kier molecular flexibility index (Phi) is 2.62. The fraction of sp³-hybridized carbons (Fsp3) is 0.600. The summed E-state index contributed by atoms with van der Waals surface area (Å²) in [4.78, 5) is 0. The first-order valence-electron chi connectivity index (χ1n) is 6.62. The number of nitrogens with one attached hydrogen (secondary N) is 1. The van der Waals surface area contributed by atoms with Crippen LogP contribution < -0.4 is 10.1 Å². The lowest BCUT2D eigenvalue weighted by Crippen LogP contribution is -2.26. The molecule has 1 fully saturated rings. The molecule has 1 unspecified atom stereocenters. The Morgan fingerprint density at radius 2 is 2.24 bits per heavy atom. The van der Waals surface area contributed by atoms with E-state index in [4.69, 9.17) is 4.74 Å². The summed E-state index contributed by atoms with van der Waals surface area (Å²) in [6.07, 6.45) is 5.44. The number of hydrogen-bond donors (Lipinski definition) is 1. The molecule has 0 spiro atoms. The molecule has 2 heteroatoms. The highest BCUT2D eigenvalue weighted by molar-refractivity contribution is 5.40. The normalized spacial score (nSPS) is 24.2. The summed E-state index contributed by atoms with van der Waals surface area (Å²) >= 11 is 0. The second-order valence-electron chi connectivity index (χ2n) is 5.79. The zero-order valence-electron chi connectivity index (χ0n) is 10.8. The van der Waals surface area contributed by atoms with Crippen LogP contribution >= 0.6 is 0 Å². The molecule has 1 aliphatic heterocycles. The van der Waals surface area contributed by atoms with Crippen molar-refractivity contribution in [3.8, 4) is 5.75 Å². The molecular weight excluding hydrogens is 210 g/mol. The maximum atomic E-state index is 6.06. The summed E-state index contributed by atoms with van der Waals surface area (Å²) in [6.45, 7) is 3.29. The van der Waals surface area contributed by atoms with Crippen molar-refractivity contribution >= 4 is 0 Å². The molecule has 17 heavy (non-hydrogen) atoms. The monoisotopic (exact) mass is 231 g/mol. The molecule has 1 atom stereocenters. The van der Waals surface area contributed by atoms with Crippen LogP contribution in [0.2, 0.25) is 0 Å². The number of ether oxygens (including phenoxy) is 1. The third-order valence-electron chi connectivity index (χ3n) is 4.13. The fourth-order valence-electron chi connectivity index (χ4n) is 3.05. The highest BCUT2D eigenvalue weighted by Crippen LogP contribution is 2.50. The van der Waals surface area contributed by atoms with Gasteiger partial charge in [0.05, 0.1) is 0 Å². The molecule has 92 valence electrons. The van der Waals surface area contributed by atoms with E-state index in [0.717, 1.165) is 18.7 Å². The lowest BCUT2D eigenvalue weighted by molar-refractivity contribution is 0.185. The highest BCUT2D eigenvalue weighted by atomic mass is 16.5. The van der Waals surface area contributed by atoms with Crippen LogP contribution in [0.1, 0.15) is 30.4 Å². The predicted molar refractivity (Wildman–Crippen MR) is 69.5 cm³/mol. The second-order valence-corrected chi connectivity index (χ2v) is 5.79. The average Bonchev–Trinajstić information content (AvgIpc) is 2.90. The molecule has 2 nitrogen and oxygen atoms in total. The summed E-state index contributed by atoms with van der Waals surface area (Å²) < 4.78 is 6.06. The van der Waals surface area contributed by atoms with E-state index in [2.05, 4.69) is 30.4 Å². The van der Waals surface area contributed by atoms with E-state index in [1.54, 1.807) is 0 Å². The SMILES string of the molecule is CNCC1(CC2Cc3cc(C)ccc3O2)CC1. The van der Waals surface area contributed by atoms with Gasteiger partial charge in [0.15, 0.2) is 0 Å². The average molecular weight is 231 g/mol. The molecule has 1 heterocycles. The summed E-state index contributed by atoms with van der Waals surface area (Å²) in [5.74, 6) is 1.11. The maximum absolute atomic E-state index is 6.06. The molecule has 3 rings (SSSR count). The highest BCUT2D eigenvalue weighted by Gasteiger charge is 2.44. The van der Waals surface area contributed by atoms with Gasteiger partial charge in [-0.2, -0.15) is 0 Å². The fourth-order valence-corrected chi connectivity index (χ4v) is 3.05. The minimum absolute atomic E-state index is 0.405. The summed E-state index contributed by atoms with van der Waals surface area (Å²) in [5.41, 5.74) is 3.27. The van der Waals surface area contributed by atoms with Crippen LogP contribution in [0.15, 0.2) is 18.2 Å². The number of aryl methyl sites for hydroxylation is 1. The van der Waals surface area contributed by atoms with Crippen molar-refractivity contribution < 1.29 is 4.74 Å². The first kappa shape index (κ1) is 11.1. The van der Waals surface area contributed by atoms with Gasteiger partial charge in [-0.25, -0.2) is 0 Å². The van der Waals surface area contributed by atoms with Crippen LogP contribution in [0.25, 0.3) is 0 Å². The van der Waals surface area contributed by atoms with Crippen molar-refractivity contribution in [2.45, 2.75) is 38.7 Å². The van der Waals surface area contributed by atoms with Crippen molar-refractivity contribution in [1.29, 1.82) is 0 Å². The van der Waals surface area contributed by atoms with E-state index in [1.807, 2.05) is 7.05 Å². The molecule has 0 amide bonds. The van der Waals surface area contributed by atoms with Crippen molar-refractivity contribution in [2.75, 3.05) is 13.6 Å². The predicted octanol–water partition coefficient (Wildman–Crippen LogP) is 2.69. The lowest BCUT2D eigenvalue weighted by atomic mass is 9.95. The Bertz CT molecular complexity index is 423. The quantitative estimate of drug-likeness (QED) is 0.860. The molecule has 0 radical (unpaired) electrons.